The lowest BCUT2D eigenvalue weighted by Crippen LogP contribution is -2.11. The van der Waals surface area contributed by atoms with E-state index in [1.807, 2.05) is 25.1 Å². The third-order valence-corrected chi connectivity index (χ3v) is 3.66. The summed E-state index contributed by atoms with van der Waals surface area (Å²) in [6.07, 6.45) is 3.26. The Bertz CT molecular complexity index is 782. The summed E-state index contributed by atoms with van der Waals surface area (Å²) >= 11 is 12.0. The van der Waals surface area contributed by atoms with Crippen LogP contribution in [0.3, 0.4) is 0 Å². The van der Waals surface area contributed by atoms with Gasteiger partial charge in [0.15, 0.2) is 5.65 Å². The minimum absolute atomic E-state index is 0.481. The molecule has 0 fully saturated rings. The maximum Gasteiger partial charge on any atom is 0.168 e. The Balaban J connectivity index is 2.22. The Labute approximate surface area is 125 Å². The van der Waals surface area contributed by atoms with Crippen molar-refractivity contribution in [2.75, 3.05) is 19.0 Å². The van der Waals surface area contributed by atoms with Gasteiger partial charge >= 0.3 is 0 Å². The molecule has 7 heteroatoms. The maximum atomic E-state index is 6.05. The first-order valence-corrected chi connectivity index (χ1v) is 6.65. The van der Waals surface area contributed by atoms with Gasteiger partial charge in [0, 0.05) is 14.1 Å². The van der Waals surface area contributed by atoms with Gasteiger partial charge in [-0.1, -0.05) is 23.2 Å². The van der Waals surface area contributed by atoms with E-state index in [4.69, 9.17) is 23.2 Å². The number of aromatic nitrogens is 4. The molecule has 0 bridgehead atoms. The summed E-state index contributed by atoms with van der Waals surface area (Å²) < 4.78 is 1.71. The van der Waals surface area contributed by atoms with E-state index in [2.05, 4.69) is 15.1 Å². The van der Waals surface area contributed by atoms with E-state index < -0.39 is 0 Å². The fourth-order valence-corrected chi connectivity index (χ4v) is 2.29. The van der Waals surface area contributed by atoms with Crippen molar-refractivity contribution >= 4 is 40.1 Å². The van der Waals surface area contributed by atoms with Gasteiger partial charge in [-0.05, 0) is 18.2 Å². The zero-order valence-corrected chi connectivity index (χ0v) is 12.4. The predicted octanol–water partition coefficient (Wildman–Crippen LogP) is 3.19. The number of anilines is 1. The quantitative estimate of drug-likeness (QED) is 0.729. The maximum absolute atomic E-state index is 6.05. The van der Waals surface area contributed by atoms with Crippen LogP contribution in [-0.4, -0.2) is 33.8 Å². The van der Waals surface area contributed by atoms with Crippen molar-refractivity contribution in [2.45, 2.75) is 0 Å². The molecule has 0 aliphatic rings. The minimum atomic E-state index is 0.481. The summed E-state index contributed by atoms with van der Waals surface area (Å²) in [5, 5.41) is 6.23. The van der Waals surface area contributed by atoms with E-state index in [-0.39, 0.29) is 0 Å². The molecule has 0 atom stereocenters. The predicted molar refractivity (Wildman–Crippen MR) is 81.0 cm³/mol. The van der Waals surface area contributed by atoms with Crippen molar-refractivity contribution in [1.82, 2.24) is 19.7 Å². The zero-order valence-electron chi connectivity index (χ0n) is 10.9. The molecule has 0 aliphatic carbocycles. The van der Waals surface area contributed by atoms with E-state index in [0.717, 1.165) is 22.5 Å². The van der Waals surface area contributed by atoms with Crippen LogP contribution in [0.15, 0.2) is 30.7 Å². The molecule has 20 heavy (non-hydrogen) atoms. The highest BCUT2D eigenvalue weighted by atomic mass is 35.5. The molecular formula is C13H11Cl2N5. The van der Waals surface area contributed by atoms with Crippen LogP contribution in [0.2, 0.25) is 10.0 Å². The van der Waals surface area contributed by atoms with E-state index in [9.17, 15) is 0 Å². The molecular weight excluding hydrogens is 297 g/mol. The number of nitrogens with zero attached hydrogens (tertiary/aromatic N) is 5. The first kappa shape index (κ1) is 13.1. The molecule has 0 spiro atoms. The number of halogens is 2. The highest BCUT2D eigenvalue weighted by molar-refractivity contribution is 6.42. The topological polar surface area (TPSA) is 46.8 Å². The highest BCUT2D eigenvalue weighted by Gasteiger charge is 2.12. The molecule has 3 aromatic rings. The standard InChI is InChI=1S/C13H11Cl2N5/c1-19(2)12-9-6-18-20(13(9)17-7-16-12)8-3-4-10(14)11(15)5-8/h3-7H,1-2H3. The Kier molecular flexibility index (Phi) is 3.23. The van der Waals surface area contributed by atoms with E-state index in [1.54, 1.807) is 23.0 Å². The summed E-state index contributed by atoms with van der Waals surface area (Å²) in [7, 11) is 3.86. The van der Waals surface area contributed by atoms with E-state index >= 15 is 0 Å². The van der Waals surface area contributed by atoms with Crippen LogP contribution in [0.1, 0.15) is 0 Å². The van der Waals surface area contributed by atoms with E-state index in [1.165, 1.54) is 6.33 Å². The normalized spacial score (nSPS) is 11.0. The van der Waals surface area contributed by atoms with Gasteiger partial charge in [0.25, 0.3) is 0 Å². The molecule has 0 radical (unpaired) electrons. The van der Waals surface area contributed by atoms with Gasteiger partial charge in [-0.15, -0.1) is 0 Å². The molecule has 0 saturated heterocycles. The molecule has 0 amide bonds. The number of hydrogen-bond acceptors (Lipinski definition) is 4. The summed E-state index contributed by atoms with van der Waals surface area (Å²) in [6.45, 7) is 0. The minimum Gasteiger partial charge on any atom is -0.362 e. The van der Waals surface area contributed by atoms with Gasteiger partial charge in [0.1, 0.15) is 12.1 Å². The van der Waals surface area contributed by atoms with Crippen molar-refractivity contribution in [3.63, 3.8) is 0 Å². The van der Waals surface area contributed by atoms with Crippen LogP contribution in [-0.2, 0) is 0 Å². The average Bonchev–Trinajstić information content (AvgIpc) is 2.85. The van der Waals surface area contributed by atoms with Crippen molar-refractivity contribution in [2.24, 2.45) is 0 Å². The van der Waals surface area contributed by atoms with Crippen molar-refractivity contribution in [1.29, 1.82) is 0 Å². The fraction of sp³-hybridized carbons (Fsp3) is 0.154. The third-order valence-electron chi connectivity index (χ3n) is 2.92. The van der Waals surface area contributed by atoms with Gasteiger partial charge in [0.2, 0.25) is 0 Å². The molecule has 1 aromatic carbocycles. The highest BCUT2D eigenvalue weighted by Crippen LogP contribution is 2.27. The van der Waals surface area contributed by atoms with Crippen LogP contribution in [0, 0.1) is 0 Å². The van der Waals surface area contributed by atoms with Crippen molar-refractivity contribution < 1.29 is 0 Å². The van der Waals surface area contributed by atoms with Gasteiger partial charge in [-0.2, -0.15) is 5.10 Å². The summed E-state index contributed by atoms with van der Waals surface area (Å²) in [6, 6.07) is 5.34. The lowest BCUT2D eigenvalue weighted by molar-refractivity contribution is 0.894. The first-order valence-electron chi connectivity index (χ1n) is 5.89. The first-order chi connectivity index (χ1) is 9.58. The molecule has 3 rings (SSSR count). The summed E-state index contributed by atoms with van der Waals surface area (Å²) in [5.74, 6) is 0.821. The molecule has 0 unspecified atom stereocenters. The molecule has 5 nitrogen and oxygen atoms in total. The third kappa shape index (κ3) is 2.09. The molecule has 0 aliphatic heterocycles. The molecule has 2 aromatic heterocycles. The van der Waals surface area contributed by atoms with Gasteiger partial charge in [0.05, 0.1) is 27.3 Å². The van der Waals surface area contributed by atoms with E-state index in [0.29, 0.717) is 10.0 Å². The van der Waals surface area contributed by atoms with Crippen LogP contribution in [0.4, 0.5) is 5.82 Å². The Morgan fingerprint density at radius 2 is 1.90 bits per heavy atom. The van der Waals surface area contributed by atoms with Crippen LogP contribution < -0.4 is 4.90 Å². The number of benzene rings is 1. The second-order valence-electron chi connectivity index (χ2n) is 4.48. The lowest BCUT2D eigenvalue weighted by atomic mass is 10.3. The van der Waals surface area contributed by atoms with Crippen LogP contribution in [0.25, 0.3) is 16.7 Å². The van der Waals surface area contributed by atoms with Crippen LogP contribution >= 0.6 is 23.2 Å². The van der Waals surface area contributed by atoms with Gasteiger partial charge in [-0.25, -0.2) is 14.6 Å². The Morgan fingerprint density at radius 1 is 1.10 bits per heavy atom. The number of fused-ring (bicyclic) bond motifs is 1. The molecule has 0 saturated carbocycles. The molecule has 102 valence electrons. The van der Waals surface area contributed by atoms with Gasteiger partial charge in [-0.3, -0.25) is 0 Å². The average molecular weight is 308 g/mol. The molecule has 2 heterocycles. The SMILES string of the molecule is CN(C)c1ncnc2c1cnn2-c1ccc(Cl)c(Cl)c1. The summed E-state index contributed by atoms with van der Waals surface area (Å²) in [4.78, 5) is 10.5. The number of hydrogen-bond donors (Lipinski definition) is 0. The second-order valence-corrected chi connectivity index (χ2v) is 5.30. The number of rotatable bonds is 2. The van der Waals surface area contributed by atoms with Crippen LogP contribution in [0.5, 0.6) is 0 Å². The largest absolute Gasteiger partial charge is 0.362 e. The van der Waals surface area contributed by atoms with Crippen molar-refractivity contribution in [3.8, 4) is 5.69 Å². The summed E-state index contributed by atoms with van der Waals surface area (Å²) in [5.41, 5.74) is 1.53. The lowest BCUT2D eigenvalue weighted by Gasteiger charge is -2.11. The molecule has 0 N–H and O–H groups in total. The monoisotopic (exact) mass is 307 g/mol. The smallest absolute Gasteiger partial charge is 0.168 e. The Morgan fingerprint density at radius 3 is 2.60 bits per heavy atom. The van der Waals surface area contributed by atoms with Gasteiger partial charge < -0.3 is 4.90 Å². The fourth-order valence-electron chi connectivity index (χ4n) is 1.99. The van der Waals surface area contributed by atoms with Crippen molar-refractivity contribution in [3.05, 3.63) is 40.8 Å². The zero-order chi connectivity index (χ0) is 14.3. The Hall–Kier alpha value is -1.85. The second kappa shape index (κ2) is 4.92.